The Bertz CT molecular complexity index is 200. The van der Waals surface area contributed by atoms with Gasteiger partial charge in [0.15, 0.2) is 0 Å². The number of hydrogen-bond acceptors (Lipinski definition) is 2. The summed E-state index contributed by atoms with van der Waals surface area (Å²) in [6.45, 7) is 16.1. The van der Waals surface area contributed by atoms with E-state index in [2.05, 4.69) is 53.1 Å². The molecule has 0 aliphatic heterocycles. The zero-order chi connectivity index (χ0) is 13.6. The minimum Gasteiger partial charge on any atom is -0.346 e. The third-order valence-corrected chi connectivity index (χ3v) is 6.61. The van der Waals surface area contributed by atoms with E-state index in [0.29, 0.717) is 17.2 Å². The van der Waals surface area contributed by atoms with Crippen LogP contribution in [0.5, 0.6) is 0 Å². The van der Waals surface area contributed by atoms with E-state index in [0.717, 1.165) is 0 Å². The Hall–Kier alpha value is 0.350. The molecule has 104 valence electrons. The van der Waals surface area contributed by atoms with Crippen molar-refractivity contribution in [2.45, 2.75) is 85.0 Å². The molecule has 0 radical (unpaired) electrons. The first-order valence-electron chi connectivity index (χ1n) is 6.96. The highest BCUT2D eigenvalue weighted by Crippen LogP contribution is 2.58. The lowest BCUT2D eigenvalue weighted by Crippen LogP contribution is -2.39. The van der Waals surface area contributed by atoms with E-state index < -0.39 is 8.30 Å². The molecule has 0 N–H and O–H groups in total. The Morgan fingerprint density at radius 3 is 1.82 bits per heavy atom. The van der Waals surface area contributed by atoms with Gasteiger partial charge in [-0.05, 0) is 40.5 Å². The zero-order valence-corrected chi connectivity index (χ0v) is 14.0. The average molecular weight is 261 g/mol. The van der Waals surface area contributed by atoms with E-state index in [4.69, 9.17) is 4.52 Å². The van der Waals surface area contributed by atoms with Crippen LogP contribution in [0, 0.1) is 0 Å². The van der Waals surface area contributed by atoms with Crippen LogP contribution in [0.2, 0.25) is 0 Å². The van der Waals surface area contributed by atoms with Crippen LogP contribution in [0.3, 0.4) is 0 Å². The molecular formula is C14H32NOP. The molecule has 0 saturated carbocycles. The van der Waals surface area contributed by atoms with Crippen molar-refractivity contribution in [2.24, 2.45) is 0 Å². The van der Waals surface area contributed by atoms with Crippen LogP contribution in [0.25, 0.3) is 0 Å². The molecule has 0 amide bonds. The van der Waals surface area contributed by atoms with Gasteiger partial charge in [0.25, 0.3) is 0 Å². The van der Waals surface area contributed by atoms with Crippen LogP contribution in [0.15, 0.2) is 0 Å². The van der Waals surface area contributed by atoms with Crippen LogP contribution in [-0.2, 0) is 4.52 Å². The third-order valence-electron chi connectivity index (χ3n) is 3.45. The van der Waals surface area contributed by atoms with Gasteiger partial charge in [-0.3, -0.25) is 4.67 Å². The molecule has 0 bridgehead atoms. The van der Waals surface area contributed by atoms with Gasteiger partial charge in [0.2, 0.25) is 0 Å². The van der Waals surface area contributed by atoms with Gasteiger partial charge in [0.1, 0.15) is 8.30 Å². The SMILES string of the molecule is CCCC(C)(CC)P(OC)N(C(C)C)C(C)C. The van der Waals surface area contributed by atoms with Gasteiger partial charge in [0, 0.05) is 24.3 Å². The van der Waals surface area contributed by atoms with E-state index >= 15 is 0 Å². The molecule has 2 atom stereocenters. The lowest BCUT2D eigenvalue weighted by atomic mass is 10.0. The number of hydrogen-bond donors (Lipinski definition) is 0. The molecule has 2 unspecified atom stereocenters. The first kappa shape index (κ1) is 17.4. The highest BCUT2D eigenvalue weighted by atomic mass is 31.2. The summed E-state index contributed by atoms with van der Waals surface area (Å²) in [5, 5.41) is 0.313. The Labute approximate surface area is 110 Å². The molecule has 0 spiro atoms. The third kappa shape index (κ3) is 4.50. The molecule has 2 nitrogen and oxygen atoms in total. The summed E-state index contributed by atoms with van der Waals surface area (Å²) in [7, 11) is 1.36. The molecule has 0 aliphatic carbocycles. The molecule has 0 saturated heterocycles. The fourth-order valence-electron chi connectivity index (χ4n) is 2.56. The van der Waals surface area contributed by atoms with Crippen molar-refractivity contribution in [2.75, 3.05) is 7.11 Å². The van der Waals surface area contributed by atoms with Crippen molar-refractivity contribution >= 4 is 8.30 Å². The Morgan fingerprint density at radius 2 is 1.59 bits per heavy atom. The van der Waals surface area contributed by atoms with E-state index in [9.17, 15) is 0 Å². The monoisotopic (exact) mass is 261 g/mol. The van der Waals surface area contributed by atoms with Crippen molar-refractivity contribution in [1.82, 2.24) is 4.67 Å². The topological polar surface area (TPSA) is 12.5 Å². The van der Waals surface area contributed by atoms with Crippen LogP contribution in [0.4, 0.5) is 0 Å². The van der Waals surface area contributed by atoms with Gasteiger partial charge in [-0.15, -0.1) is 0 Å². The Kier molecular flexibility index (Phi) is 7.87. The van der Waals surface area contributed by atoms with Gasteiger partial charge < -0.3 is 4.52 Å². The maximum absolute atomic E-state index is 5.93. The maximum Gasteiger partial charge on any atom is 0.110 e. The van der Waals surface area contributed by atoms with Crippen LogP contribution >= 0.6 is 8.30 Å². The number of nitrogens with zero attached hydrogens (tertiary/aromatic N) is 1. The molecule has 17 heavy (non-hydrogen) atoms. The quantitative estimate of drug-likeness (QED) is 0.568. The van der Waals surface area contributed by atoms with E-state index in [1.807, 2.05) is 7.11 Å². The molecule has 0 rings (SSSR count). The van der Waals surface area contributed by atoms with Gasteiger partial charge >= 0.3 is 0 Å². The van der Waals surface area contributed by atoms with Crippen molar-refractivity contribution < 1.29 is 4.52 Å². The average Bonchev–Trinajstić information content (AvgIpc) is 2.24. The summed E-state index contributed by atoms with van der Waals surface area (Å²) < 4.78 is 8.50. The first-order valence-corrected chi connectivity index (χ1v) is 8.17. The smallest absolute Gasteiger partial charge is 0.110 e. The lowest BCUT2D eigenvalue weighted by molar-refractivity contribution is 0.260. The normalized spacial score (nSPS) is 17.8. The van der Waals surface area contributed by atoms with Crippen LogP contribution in [-0.4, -0.2) is 29.0 Å². The molecule has 0 heterocycles. The maximum atomic E-state index is 5.93. The summed E-state index contributed by atoms with van der Waals surface area (Å²) in [6, 6.07) is 1.09. The predicted octanol–water partition coefficient (Wildman–Crippen LogP) is 5.03. The van der Waals surface area contributed by atoms with Crippen molar-refractivity contribution in [3.8, 4) is 0 Å². The van der Waals surface area contributed by atoms with Gasteiger partial charge in [-0.1, -0.05) is 27.2 Å². The minimum absolute atomic E-state index is 0.313. The van der Waals surface area contributed by atoms with Gasteiger partial charge in [-0.2, -0.15) is 0 Å². The Morgan fingerprint density at radius 1 is 1.12 bits per heavy atom. The van der Waals surface area contributed by atoms with Gasteiger partial charge in [0.05, 0.1) is 0 Å². The van der Waals surface area contributed by atoms with Crippen molar-refractivity contribution in [1.29, 1.82) is 0 Å². The molecule has 3 heteroatoms. The van der Waals surface area contributed by atoms with E-state index in [-0.39, 0.29) is 0 Å². The van der Waals surface area contributed by atoms with E-state index in [1.165, 1.54) is 19.3 Å². The second-order valence-corrected chi connectivity index (χ2v) is 8.08. The van der Waals surface area contributed by atoms with Crippen LogP contribution in [0.1, 0.15) is 67.7 Å². The largest absolute Gasteiger partial charge is 0.346 e. The first-order chi connectivity index (χ1) is 7.83. The summed E-state index contributed by atoms with van der Waals surface area (Å²) in [5.41, 5.74) is 0. The second kappa shape index (κ2) is 7.71. The van der Waals surface area contributed by atoms with Crippen molar-refractivity contribution in [3.05, 3.63) is 0 Å². The second-order valence-electron chi connectivity index (χ2n) is 5.62. The highest BCUT2D eigenvalue weighted by molar-refractivity contribution is 7.51. The summed E-state index contributed by atoms with van der Waals surface area (Å²) in [6.07, 6.45) is 3.67. The number of rotatable bonds is 8. The van der Waals surface area contributed by atoms with Crippen molar-refractivity contribution in [3.63, 3.8) is 0 Å². The van der Waals surface area contributed by atoms with E-state index in [1.54, 1.807) is 0 Å². The molecular weight excluding hydrogens is 229 g/mol. The van der Waals surface area contributed by atoms with Crippen LogP contribution < -0.4 is 0 Å². The molecule has 0 aromatic carbocycles. The minimum atomic E-state index is -0.519. The summed E-state index contributed by atoms with van der Waals surface area (Å²) in [4.78, 5) is 0. The van der Waals surface area contributed by atoms with Gasteiger partial charge in [-0.25, -0.2) is 0 Å². The highest BCUT2D eigenvalue weighted by Gasteiger charge is 2.39. The fourth-order valence-corrected chi connectivity index (χ4v) is 5.27. The molecule has 0 aromatic heterocycles. The standard InChI is InChI=1S/C14H32NOP/c1-9-11-14(7,10-2)17(16-8)15(12(3)4)13(5)6/h12-13H,9-11H2,1-8H3. The summed E-state index contributed by atoms with van der Waals surface area (Å²) >= 11 is 0. The lowest BCUT2D eigenvalue weighted by Gasteiger charge is -2.46. The predicted molar refractivity (Wildman–Crippen MR) is 79.6 cm³/mol. The summed E-state index contributed by atoms with van der Waals surface area (Å²) in [5.74, 6) is 0. The molecule has 0 aliphatic rings. The molecule has 0 aromatic rings. The fraction of sp³-hybridized carbons (Fsp3) is 1.00. The zero-order valence-electron chi connectivity index (χ0n) is 13.1. The molecule has 0 fully saturated rings. The Balaban J connectivity index is 5.11.